The number of hydrogen-bond donors (Lipinski definition) is 1. The summed E-state index contributed by atoms with van der Waals surface area (Å²) in [5.74, 6) is 2.21. The summed E-state index contributed by atoms with van der Waals surface area (Å²) >= 11 is 0. The second kappa shape index (κ2) is 5.39. The molecule has 0 saturated heterocycles. The minimum atomic E-state index is -0.661. The van der Waals surface area contributed by atoms with Gasteiger partial charge in [-0.15, -0.1) is 0 Å². The molecule has 5 heteroatoms. The highest BCUT2D eigenvalue weighted by Gasteiger charge is 2.44. The van der Waals surface area contributed by atoms with Gasteiger partial charge in [-0.05, 0) is 54.8 Å². The molecule has 2 aromatic carbocycles. The van der Waals surface area contributed by atoms with Crippen molar-refractivity contribution in [3.63, 3.8) is 0 Å². The van der Waals surface area contributed by atoms with E-state index in [4.69, 9.17) is 13.9 Å². The molecule has 5 rings (SSSR count). The summed E-state index contributed by atoms with van der Waals surface area (Å²) < 4.78 is 16.4. The molecule has 0 saturated carbocycles. The van der Waals surface area contributed by atoms with Crippen molar-refractivity contribution < 1.29 is 18.7 Å². The fraction of sp³-hybridized carbons (Fsp3) is 0.190. The maximum atomic E-state index is 12.9. The third-order valence-corrected chi connectivity index (χ3v) is 5.18. The van der Waals surface area contributed by atoms with E-state index < -0.39 is 5.41 Å². The van der Waals surface area contributed by atoms with E-state index in [1.807, 2.05) is 55.5 Å². The lowest BCUT2D eigenvalue weighted by Gasteiger charge is -2.22. The van der Waals surface area contributed by atoms with Crippen LogP contribution in [0.4, 0.5) is 5.69 Å². The zero-order valence-electron chi connectivity index (χ0n) is 14.2. The zero-order valence-corrected chi connectivity index (χ0v) is 14.2. The second-order valence-electron chi connectivity index (χ2n) is 6.86. The minimum absolute atomic E-state index is 0.0100. The molecule has 3 aromatic rings. The van der Waals surface area contributed by atoms with Crippen LogP contribution >= 0.6 is 0 Å². The maximum absolute atomic E-state index is 12.9. The summed E-state index contributed by atoms with van der Waals surface area (Å²) in [6.45, 7) is 2.22. The first-order chi connectivity index (χ1) is 12.6. The van der Waals surface area contributed by atoms with Gasteiger partial charge >= 0.3 is 0 Å². The van der Waals surface area contributed by atoms with Gasteiger partial charge < -0.3 is 19.2 Å². The SMILES string of the molecule is CC1(Cc2ccc3c(c2)OCO3)C(=O)Nc2c(-c3ccco3)cccc21. The molecule has 0 fully saturated rings. The van der Waals surface area contributed by atoms with Crippen molar-refractivity contribution >= 4 is 11.6 Å². The van der Waals surface area contributed by atoms with Gasteiger partial charge in [-0.3, -0.25) is 4.79 Å². The lowest BCUT2D eigenvalue weighted by atomic mass is 9.78. The Labute approximate surface area is 150 Å². The lowest BCUT2D eigenvalue weighted by Crippen LogP contribution is -2.33. The highest BCUT2D eigenvalue weighted by molar-refractivity contribution is 6.09. The van der Waals surface area contributed by atoms with Crippen molar-refractivity contribution in [1.82, 2.24) is 0 Å². The molecule has 0 aliphatic carbocycles. The first kappa shape index (κ1) is 15.1. The maximum Gasteiger partial charge on any atom is 0.235 e. The summed E-state index contributed by atoms with van der Waals surface area (Å²) in [5.41, 5.74) is 3.08. The number of carbonyl (C=O) groups excluding carboxylic acids is 1. The topological polar surface area (TPSA) is 60.7 Å². The fourth-order valence-electron chi connectivity index (χ4n) is 3.79. The summed E-state index contributed by atoms with van der Waals surface area (Å²) in [5, 5.41) is 3.06. The van der Waals surface area contributed by atoms with E-state index in [0.29, 0.717) is 6.42 Å². The Morgan fingerprint density at radius 1 is 1.08 bits per heavy atom. The Bertz CT molecular complexity index is 1010. The highest BCUT2D eigenvalue weighted by Crippen LogP contribution is 2.45. The second-order valence-corrected chi connectivity index (χ2v) is 6.86. The van der Waals surface area contributed by atoms with E-state index >= 15 is 0 Å². The largest absolute Gasteiger partial charge is 0.464 e. The molecule has 0 spiro atoms. The predicted octanol–water partition coefficient (Wildman–Crippen LogP) is 4.13. The predicted molar refractivity (Wildman–Crippen MR) is 96.4 cm³/mol. The third-order valence-electron chi connectivity index (χ3n) is 5.18. The molecule has 5 nitrogen and oxygen atoms in total. The van der Waals surface area contributed by atoms with Crippen molar-refractivity contribution in [1.29, 1.82) is 0 Å². The fourth-order valence-corrected chi connectivity index (χ4v) is 3.79. The standard InChI is InChI=1S/C21H17NO4/c1-21(11-13-7-8-17-18(10-13)26-12-25-17)15-5-2-4-14(16-6-3-9-24-16)19(15)22-20(21)23/h2-10H,11-12H2,1H3,(H,22,23). The third kappa shape index (κ3) is 2.13. The Hall–Kier alpha value is -3.21. The van der Waals surface area contributed by atoms with Gasteiger partial charge in [-0.1, -0.05) is 18.2 Å². The highest BCUT2D eigenvalue weighted by atomic mass is 16.7. The molecule has 130 valence electrons. The zero-order chi connectivity index (χ0) is 17.7. The van der Waals surface area contributed by atoms with Crippen LogP contribution in [0.25, 0.3) is 11.3 Å². The average Bonchev–Trinajstić information content (AvgIpc) is 3.36. The van der Waals surface area contributed by atoms with Crippen molar-refractivity contribution in [2.45, 2.75) is 18.8 Å². The number of fused-ring (bicyclic) bond motifs is 2. The number of amides is 1. The Morgan fingerprint density at radius 2 is 1.96 bits per heavy atom. The summed E-state index contributed by atoms with van der Waals surface area (Å²) in [4.78, 5) is 12.9. The van der Waals surface area contributed by atoms with E-state index in [0.717, 1.165) is 39.6 Å². The van der Waals surface area contributed by atoms with Gasteiger partial charge in [0, 0.05) is 5.56 Å². The Balaban J connectivity index is 1.56. The van der Waals surface area contributed by atoms with Crippen LogP contribution in [0.5, 0.6) is 11.5 Å². The number of para-hydroxylation sites is 1. The van der Waals surface area contributed by atoms with Crippen LogP contribution in [-0.4, -0.2) is 12.7 Å². The number of benzene rings is 2. The number of furan rings is 1. The van der Waals surface area contributed by atoms with Gasteiger partial charge in [0.1, 0.15) is 5.76 Å². The number of ether oxygens (including phenoxy) is 2. The number of nitrogens with one attached hydrogen (secondary N) is 1. The molecule has 1 atom stereocenters. The van der Waals surface area contributed by atoms with E-state index in [9.17, 15) is 4.79 Å². The molecule has 1 unspecified atom stereocenters. The van der Waals surface area contributed by atoms with Crippen LogP contribution in [0.15, 0.2) is 59.2 Å². The summed E-state index contributed by atoms with van der Waals surface area (Å²) in [7, 11) is 0. The number of hydrogen-bond acceptors (Lipinski definition) is 4. The van der Waals surface area contributed by atoms with Crippen LogP contribution in [0.3, 0.4) is 0 Å². The van der Waals surface area contributed by atoms with Gasteiger partial charge in [-0.25, -0.2) is 0 Å². The first-order valence-electron chi connectivity index (χ1n) is 8.52. The molecule has 0 radical (unpaired) electrons. The Kier molecular flexibility index (Phi) is 3.13. The van der Waals surface area contributed by atoms with Crippen LogP contribution in [-0.2, 0) is 16.6 Å². The molecule has 2 aliphatic rings. The number of anilines is 1. The van der Waals surface area contributed by atoms with Crippen LogP contribution < -0.4 is 14.8 Å². The van der Waals surface area contributed by atoms with Gasteiger partial charge in [0.05, 0.1) is 17.4 Å². The lowest BCUT2D eigenvalue weighted by molar-refractivity contribution is -0.120. The van der Waals surface area contributed by atoms with Gasteiger partial charge in [0.25, 0.3) is 0 Å². The molecule has 1 N–H and O–H groups in total. The smallest absolute Gasteiger partial charge is 0.235 e. The van der Waals surface area contributed by atoms with Crippen LogP contribution in [0, 0.1) is 0 Å². The quantitative estimate of drug-likeness (QED) is 0.774. The van der Waals surface area contributed by atoms with Crippen molar-refractivity contribution in [2.24, 2.45) is 0 Å². The Morgan fingerprint density at radius 3 is 2.81 bits per heavy atom. The molecular formula is C21H17NO4. The number of rotatable bonds is 3. The number of carbonyl (C=O) groups is 1. The van der Waals surface area contributed by atoms with Gasteiger partial charge in [0.15, 0.2) is 11.5 Å². The molecule has 1 amide bonds. The summed E-state index contributed by atoms with van der Waals surface area (Å²) in [6.07, 6.45) is 2.21. The molecule has 3 heterocycles. The summed E-state index contributed by atoms with van der Waals surface area (Å²) in [6, 6.07) is 15.5. The molecule has 0 bridgehead atoms. The minimum Gasteiger partial charge on any atom is -0.464 e. The average molecular weight is 347 g/mol. The van der Waals surface area contributed by atoms with E-state index in [1.165, 1.54) is 0 Å². The van der Waals surface area contributed by atoms with Crippen molar-refractivity contribution in [2.75, 3.05) is 12.1 Å². The van der Waals surface area contributed by atoms with Crippen molar-refractivity contribution in [3.8, 4) is 22.8 Å². The van der Waals surface area contributed by atoms with E-state index in [1.54, 1.807) is 6.26 Å². The van der Waals surface area contributed by atoms with Crippen molar-refractivity contribution in [3.05, 3.63) is 65.9 Å². The molecule has 2 aliphatic heterocycles. The van der Waals surface area contributed by atoms with Gasteiger partial charge in [0.2, 0.25) is 12.7 Å². The monoisotopic (exact) mass is 347 g/mol. The molecule has 26 heavy (non-hydrogen) atoms. The normalized spacial score (nSPS) is 20.1. The van der Waals surface area contributed by atoms with E-state index in [-0.39, 0.29) is 12.7 Å². The molecule has 1 aromatic heterocycles. The molecular weight excluding hydrogens is 330 g/mol. The first-order valence-corrected chi connectivity index (χ1v) is 8.52. The van der Waals surface area contributed by atoms with E-state index in [2.05, 4.69) is 5.32 Å². The van der Waals surface area contributed by atoms with Crippen LogP contribution in [0.2, 0.25) is 0 Å². The van der Waals surface area contributed by atoms with Crippen LogP contribution in [0.1, 0.15) is 18.1 Å². The van der Waals surface area contributed by atoms with Gasteiger partial charge in [-0.2, -0.15) is 0 Å².